The minimum absolute atomic E-state index is 0.196. The van der Waals surface area contributed by atoms with Gasteiger partial charge in [0.15, 0.2) is 0 Å². The minimum Gasteiger partial charge on any atom is -0.497 e. The lowest BCUT2D eigenvalue weighted by atomic mass is 9.90. The molecule has 2 amide bonds. The first-order valence-electron chi connectivity index (χ1n) is 22.1. The number of hydrogen-bond donors (Lipinski definition) is 2. The van der Waals surface area contributed by atoms with Gasteiger partial charge in [-0.1, -0.05) is 110 Å². The third-order valence-corrected chi connectivity index (χ3v) is 11.3. The van der Waals surface area contributed by atoms with Crippen molar-refractivity contribution in [1.82, 2.24) is 0 Å². The SMILES string of the molecule is C=C(C)C(=O)Nc1ccc(C(=O)Oc2ccc3cc(/C=C\c4ccc(C=O)cc4)ccc3c2-c2c(OC(=O)c3ccc(NC(=O)C(=C)C)cc3)ccc3cc(/C=C\c4ccc(OC)cc4)ccc23)cc1. The summed E-state index contributed by atoms with van der Waals surface area (Å²) in [6, 6.07) is 46.6. The van der Waals surface area contributed by atoms with Crippen LogP contribution in [0.15, 0.2) is 182 Å². The molecular formula is C60H46N2O8. The molecule has 8 rings (SSSR count). The number of ether oxygens (including phenoxy) is 3. The average Bonchev–Trinajstić information content (AvgIpc) is 3.38. The zero-order chi connectivity index (χ0) is 49.3. The van der Waals surface area contributed by atoms with Crippen molar-refractivity contribution in [2.45, 2.75) is 13.8 Å². The number of hydrogen-bond acceptors (Lipinski definition) is 8. The Bertz CT molecular complexity index is 3420. The first-order valence-corrected chi connectivity index (χ1v) is 22.1. The molecule has 0 aromatic heterocycles. The van der Waals surface area contributed by atoms with Gasteiger partial charge < -0.3 is 24.8 Å². The van der Waals surface area contributed by atoms with Gasteiger partial charge in [-0.25, -0.2) is 9.59 Å². The highest BCUT2D eigenvalue weighted by Crippen LogP contribution is 2.46. The summed E-state index contributed by atoms with van der Waals surface area (Å²) in [5.41, 5.74) is 7.31. The number of carbonyl (C=O) groups excluding carboxylic acids is 5. The Morgan fingerprint density at radius 3 is 1.21 bits per heavy atom. The zero-order valence-corrected chi connectivity index (χ0v) is 38.6. The van der Waals surface area contributed by atoms with E-state index < -0.39 is 11.9 Å². The molecule has 0 bridgehead atoms. The molecule has 70 heavy (non-hydrogen) atoms. The standard InChI is InChI=1S/C60H46N2O8/c1-37(2)57(64)61-48-24-18-44(19-25-48)59(66)69-53-32-22-46-34-41(10-6-39-8-12-43(36-63)13-9-39)16-30-51(46)55(53)56-52-31-17-42(11-7-40-14-28-50(68-5)29-15-40)35-47(52)23-33-54(56)70-60(67)45-20-26-49(27-21-45)62-58(65)38(3)4/h6-36H,1,3H2,2,4-5H3,(H,61,64)(H,62,65)/b10-6-,11-7-. The average molecular weight is 923 g/mol. The molecule has 0 heterocycles. The van der Waals surface area contributed by atoms with E-state index in [1.165, 1.54) is 0 Å². The number of methoxy groups -OCH3 is 1. The Morgan fingerprint density at radius 1 is 0.457 bits per heavy atom. The molecule has 0 spiro atoms. The Balaban J connectivity index is 1.26. The van der Waals surface area contributed by atoms with E-state index in [0.29, 0.717) is 50.0 Å². The Kier molecular flexibility index (Phi) is 14.2. The smallest absolute Gasteiger partial charge is 0.343 e. The summed E-state index contributed by atoms with van der Waals surface area (Å²) in [4.78, 5) is 64.1. The van der Waals surface area contributed by atoms with Gasteiger partial charge in [0.1, 0.15) is 23.5 Å². The number of rotatable bonds is 15. The lowest BCUT2D eigenvalue weighted by Crippen LogP contribution is -2.13. The van der Waals surface area contributed by atoms with E-state index >= 15 is 0 Å². The molecule has 0 aliphatic heterocycles. The van der Waals surface area contributed by atoms with Gasteiger partial charge in [0, 0.05) is 39.2 Å². The van der Waals surface area contributed by atoms with Crippen LogP contribution in [0, 0.1) is 0 Å². The number of nitrogens with one attached hydrogen (secondary N) is 2. The maximum absolute atomic E-state index is 14.1. The lowest BCUT2D eigenvalue weighted by molar-refractivity contribution is -0.113. The highest BCUT2D eigenvalue weighted by atomic mass is 16.5. The number of carbonyl (C=O) groups is 5. The summed E-state index contributed by atoms with van der Waals surface area (Å²) >= 11 is 0. The summed E-state index contributed by atoms with van der Waals surface area (Å²) in [6.45, 7) is 10.6. The van der Waals surface area contributed by atoms with Crippen LogP contribution in [0.5, 0.6) is 17.2 Å². The fourth-order valence-electron chi connectivity index (χ4n) is 7.51. The molecule has 0 atom stereocenters. The fraction of sp³-hybridized carbons (Fsp3) is 0.0500. The van der Waals surface area contributed by atoms with Gasteiger partial charge >= 0.3 is 11.9 Å². The number of esters is 2. The van der Waals surface area contributed by atoms with E-state index in [2.05, 4.69) is 23.8 Å². The second-order valence-electron chi connectivity index (χ2n) is 16.5. The Hall–Kier alpha value is -9.41. The van der Waals surface area contributed by atoms with Gasteiger partial charge in [-0.2, -0.15) is 0 Å². The maximum atomic E-state index is 14.1. The van der Waals surface area contributed by atoms with E-state index in [1.54, 1.807) is 93.8 Å². The normalized spacial score (nSPS) is 11.1. The molecule has 0 saturated heterocycles. The van der Waals surface area contributed by atoms with E-state index in [9.17, 15) is 24.0 Å². The van der Waals surface area contributed by atoms with Crippen molar-refractivity contribution < 1.29 is 38.2 Å². The summed E-state index contributed by atoms with van der Waals surface area (Å²) in [6.07, 6.45) is 8.72. The first kappa shape index (κ1) is 47.1. The van der Waals surface area contributed by atoms with Gasteiger partial charge in [-0.05, 0) is 143 Å². The quantitative estimate of drug-likeness (QED) is 0.0341. The largest absolute Gasteiger partial charge is 0.497 e. The first-order chi connectivity index (χ1) is 33.8. The van der Waals surface area contributed by atoms with Crippen LogP contribution in [-0.2, 0) is 9.59 Å². The van der Waals surface area contributed by atoms with E-state index in [-0.39, 0.29) is 34.4 Å². The highest BCUT2D eigenvalue weighted by molar-refractivity contribution is 6.12. The fourth-order valence-corrected chi connectivity index (χ4v) is 7.51. The van der Waals surface area contributed by atoms with Gasteiger partial charge in [0.25, 0.3) is 11.8 Å². The van der Waals surface area contributed by atoms with Crippen LogP contribution < -0.4 is 24.8 Å². The third-order valence-electron chi connectivity index (χ3n) is 11.3. The second-order valence-corrected chi connectivity index (χ2v) is 16.5. The van der Waals surface area contributed by atoms with Crippen LogP contribution in [0.1, 0.15) is 67.2 Å². The number of fused-ring (bicyclic) bond motifs is 2. The van der Waals surface area contributed by atoms with Crippen LogP contribution in [0.2, 0.25) is 0 Å². The monoisotopic (exact) mass is 922 g/mol. The van der Waals surface area contributed by atoms with Crippen LogP contribution >= 0.6 is 0 Å². The van der Waals surface area contributed by atoms with Crippen molar-refractivity contribution in [1.29, 1.82) is 0 Å². The number of benzene rings is 8. The molecule has 10 heteroatoms. The molecule has 0 aliphatic rings. The number of anilines is 2. The maximum Gasteiger partial charge on any atom is 0.343 e. The predicted molar refractivity (Wildman–Crippen MR) is 279 cm³/mol. The molecule has 0 saturated carbocycles. The minimum atomic E-state index is -0.665. The van der Waals surface area contributed by atoms with Crippen molar-refractivity contribution in [2.75, 3.05) is 17.7 Å². The van der Waals surface area contributed by atoms with E-state index in [1.807, 2.05) is 109 Å². The van der Waals surface area contributed by atoms with Crippen molar-refractivity contribution in [3.63, 3.8) is 0 Å². The molecule has 8 aromatic carbocycles. The third kappa shape index (κ3) is 11.1. The number of aldehydes is 1. The van der Waals surface area contributed by atoms with Gasteiger partial charge in [0.2, 0.25) is 0 Å². The lowest BCUT2D eigenvalue weighted by Gasteiger charge is -2.19. The summed E-state index contributed by atoms with van der Waals surface area (Å²) in [5.74, 6) is -0.873. The predicted octanol–water partition coefficient (Wildman–Crippen LogP) is 13.3. The zero-order valence-electron chi connectivity index (χ0n) is 38.6. The molecule has 10 nitrogen and oxygen atoms in total. The molecule has 0 radical (unpaired) electrons. The van der Waals surface area contributed by atoms with Gasteiger partial charge in [-0.15, -0.1) is 0 Å². The molecule has 2 N–H and O–H groups in total. The Morgan fingerprint density at radius 2 is 0.829 bits per heavy atom. The molecule has 8 aromatic rings. The number of amides is 2. The van der Waals surface area contributed by atoms with Crippen LogP contribution in [0.3, 0.4) is 0 Å². The van der Waals surface area contributed by atoms with Gasteiger partial charge in [0.05, 0.1) is 18.2 Å². The van der Waals surface area contributed by atoms with Crippen LogP contribution in [0.4, 0.5) is 11.4 Å². The topological polar surface area (TPSA) is 137 Å². The summed E-state index contributed by atoms with van der Waals surface area (Å²) in [5, 5.41) is 8.50. The van der Waals surface area contributed by atoms with Crippen molar-refractivity contribution in [2.24, 2.45) is 0 Å². The molecule has 0 fully saturated rings. The van der Waals surface area contributed by atoms with Crippen LogP contribution in [0.25, 0.3) is 57.0 Å². The molecule has 0 unspecified atom stereocenters. The highest BCUT2D eigenvalue weighted by Gasteiger charge is 2.24. The van der Waals surface area contributed by atoms with E-state index in [4.69, 9.17) is 14.2 Å². The second kappa shape index (κ2) is 21.0. The Labute approximate surface area is 404 Å². The molecular weight excluding hydrogens is 877 g/mol. The summed E-state index contributed by atoms with van der Waals surface area (Å²) in [7, 11) is 1.62. The summed E-state index contributed by atoms with van der Waals surface area (Å²) < 4.78 is 17.9. The van der Waals surface area contributed by atoms with Crippen LogP contribution in [-0.4, -0.2) is 37.1 Å². The van der Waals surface area contributed by atoms with Crippen molar-refractivity contribution in [3.8, 4) is 28.4 Å². The molecule has 344 valence electrons. The molecule has 0 aliphatic carbocycles. The van der Waals surface area contributed by atoms with Crippen molar-refractivity contribution in [3.05, 3.63) is 221 Å². The van der Waals surface area contributed by atoms with Gasteiger partial charge in [-0.3, -0.25) is 14.4 Å². The van der Waals surface area contributed by atoms with E-state index in [0.717, 1.165) is 45.1 Å². The van der Waals surface area contributed by atoms with Crippen molar-refractivity contribution >= 4 is 87.3 Å².